The predicted molar refractivity (Wildman–Crippen MR) is 71.4 cm³/mol. The van der Waals surface area contributed by atoms with Crippen LogP contribution < -0.4 is 0 Å². The summed E-state index contributed by atoms with van der Waals surface area (Å²) in [4.78, 5) is 4.15. The molecule has 1 heterocycles. The van der Waals surface area contributed by atoms with Gasteiger partial charge in [-0.1, -0.05) is 30.3 Å². The van der Waals surface area contributed by atoms with Gasteiger partial charge in [-0.25, -0.2) is 13.4 Å². The first-order valence-corrected chi connectivity index (χ1v) is 7.13. The molecule has 0 saturated carbocycles. The molecule has 5 heteroatoms. The molecule has 0 aliphatic heterocycles. The summed E-state index contributed by atoms with van der Waals surface area (Å²) in [5.41, 5.74) is 2.83. The van der Waals surface area contributed by atoms with Crippen LogP contribution in [0.3, 0.4) is 0 Å². The van der Waals surface area contributed by atoms with Gasteiger partial charge in [0, 0.05) is 11.8 Å². The van der Waals surface area contributed by atoms with E-state index in [2.05, 4.69) is 20.9 Å². The zero-order valence-corrected chi connectivity index (χ0v) is 11.3. The van der Waals surface area contributed by atoms with E-state index < -0.39 is 10.7 Å². The molecule has 0 radical (unpaired) electrons. The zero-order chi connectivity index (χ0) is 12.3. The summed E-state index contributed by atoms with van der Waals surface area (Å²) in [5.74, 6) is 0.0915. The highest BCUT2D eigenvalue weighted by molar-refractivity contribution is 9.10. The normalized spacial score (nSPS) is 10.7. The van der Waals surface area contributed by atoms with Crippen molar-refractivity contribution in [3.63, 3.8) is 0 Å². The van der Waals surface area contributed by atoms with Crippen molar-refractivity contribution in [2.45, 2.75) is 5.75 Å². The van der Waals surface area contributed by atoms with Gasteiger partial charge in [0.25, 0.3) is 0 Å². The second-order valence-electron chi connectivity index (χ2n) is 3.56. The lowest BCUT2D eigenvalue weighted by Crippen LogP contribution is -1.87. The number of aromatic nitrogens is 1. The summed E-state index contributed by atoms with van der Waals surface area (Å²) < 4.78 is 22.0. The molecule has 0 aliphatic rings. The van der Waals surface area contributed by atoms with Crippen molar-refractivity contribution in [2.75, 3.05) is 0 Å². The molecule has 0 N–H and O–H groups in total. The summed E-state index contributed by atoms with van der Waals surface area (Å²) >= 11 is 3.28. The van der Waals surface area contributed by atoms with E-state index >= 15 is 0 Å². The molecule has 0 bridgehead atoms. The van der Waals surface area contributed by atoms with Crippen LogP contribution in [0.1, 0.15) is 5.56 Å². The van der Waals surface area contributed by atoms with E-state index in [0.29, 0.717) is 0 Å². The van der Waals surface area contributed by atoms with Crippen LogP contribution in [0.5, 0.6) is 0 Å². The number of hydrogen-bond donors (Lipinski definition) is 1. The summed E-state index contributed by atoms with van der Waals surface area (Å²) in [7, 11) is -2.36. The lowest BCUT2D eigenvalue weighted by atomic mass is 10.1. The maximum absolute atomic E-state index is 10.6. The van der Waals surface area contributed by atoms with Crippen LogP contribution in [0.25, 0.3) is 11.1 Å². The highest BCUT2D eigenvalue weighted by Crippen LogP contribution is 2.20. The fraction of sp³-hybridized carbons (Fsp3) is 0.0833. The minimum absolute atomic E-state index is 0.0915. The lowest BCUT2D eigenvalue weighted by molar-refractivity contribution is 0.614. The maximum Gasteiger partial charge on any atom is 0.144 e. The standard InChI is InChI=1S/C12H10BrNO2S/c13-12-6-5-11(7-14-12)10-3-1-9(2-4-10)8-17(15)16/h1-7,17H,8H2. The van der Waals surface area contributed by atoms with Gasteiger partial charge in [0.15, 0.2) is 0 Å². The number of benzene rings is 1. The molecule has 3 nitrogen and oxygen atoms in total. The van der Waals surface area contributed by atoms with Gasteiger partial charge in [0.1, 0.15) is 15.3 Å². The van der Waals surface area contributed by atoms with Crippen molar-refractivity contribution < 1.29 is 8.42 Å². The predicted octanol–water partition coefficient (Wildman–Crippen LogP) is 2.62. The fourth-order valence-electron chi connectivity index (χ4n) is 1.50. The van der Waals surface area contributed by atoms with Crippen molar-refractivity contribution in [2.24, 2.45) is 0 Å². The Labute approximate surface area is 110 Å². The second-order valence-corrected chi connectivity index (χ2v) is 5.35. The quantitative estimate of drug-likeness (QED) is 0.700. The van der Waals surface area contributed by atoms with Crippen LogP contribution in [0.4, 0.5) is 0 Å². The third-order valence-corrected chi connectivity index (χ3v) is 3.42. The Kier molecular flexibility index (Phi) is 3.91. The van der Waals surface area contributed by atoms with E-state index in [-0.39, 0.29) is 5.75 Å². The lowest BCUT2D eigenvalue weighted by Gasteiger charge is -2.02. The third kappa shape index (κ3) is 3.38. The summed E-state index contributed by atoms with van der Waals surface area (Å²) in [5, 5.41) is 0. The van der Waals surface area contributed by atoms with E-state index in [9.17, 15) is 8.42 Å². The number of hydrogen-bond acceptors (Lipinski definition) is 3. The molecular weight excluding hydrogens is 302 g/mol. The number of pyridine rings is 1. The molecule has 0 amide bonds. The maximum atomic E-state index is 10.6. The smallest absolute Gasteiger partial charge is 0.144 e. The average Bonchev–Trinajstić information content (AvgIpc) is 2.30. The van der Waals surface area contributed by atoms with Gasteiger partial charge in [-0.05, 0) is 33.1 Å². The van der Waals surface area contributed by atoms with Crippen molar-refractivity contribution in [3.05, 3.63) is 52.8 Å². The molecule has 0 unspecified atom stereocenters. The molecule has 0 fully saturated rings. The van der Waals surface area contributed by atoms with E-state index in [1.165, 1.54) is 0 Å². The van der Waals surface area contributed by atoms with Gasteiger partial charge in [-0.3, -0.25) is 0 Å². The monoisotopic (exact) mass is 311 g/mol. The molecule has 0 atom stereocenters. The molecule has 88 valence electrons. The molecule has 2 rings (SSSR count). The van der Waals surface area contributed by atoms with E-state index in [1.54, 1.807) is 6.20 Å². The van der Waals surface area contributed by atoms with Crippen molar-refractivity contribution in [1.29, 1.82) is 0 Å². The number of thiol groups is 1. The molecule has 1 aromatic heterocycles. The Balaban J connectivity index is 2.26. The van der Waals surface area contributed by atoms with Gasteiger partial charge in [-0.15, -0.1) is 0 Å². The van der Waals surface area contributed by atoms with Gasteiger partial charge >= 0.3 is 0 Å². The Bertz CT molecular complexity index is 568. The van der Waals surface area contributed by atoms with E-state index in [4.69, 9.17) is 0 Å². The van der Waals surface area contributed by atoms with Gasteiger partial charge in [0.05, 0.1) is 5.75 Å². The Hall–Kier alpha value is -1.20. The minimum atomic E-state index is -2.36. The summed E-state index contributed by atoms with van der Waals surface area (Å²) in [6, 6.07) is 11.3. The van der Waals surface area contributed by atoms with Crippen molar-refractivity contribution >= 4 is 26.6 Å². The Morgan fingerprint density at radius 2 is 1.65 bits per heavy atom. The Morgan fingerprint density at radius 3 is 2.18 bits per heavy atom. The summed E-state index contributed by atoms with van der Waals surface area (Å²) in [6.45, 7) is 0. The second kappa shape index (κ2) is 5.42. The van der Waals surface area contributed by atoms with Crippen LogP contribution in [-0.4, -0.2) is 13.4 Å². The molecule has 0 aliphatic carbocycles. The average molecular weight is 312 g/mol. The zero-order valence-electron chi connectivity index (χ0n) is 8.84. The molecule has 1 aromatic carbocycles. The molecular formula is C12H10BrNO2S. The first-order chi connectivity index (χ1) is 8.15. The topological polar surface area (TPSA) is 47.0 Å². The highest BCUT2D eigenvalue weighted by Gasteiger charge is 1.99. The first kappa shape index (κ1) is 12.3. The largest absolute Gasteiger partial charge is 0.249 e. The number of nitrogens with zero attached hydrogens (tertiary/aromatic N) is 1. The molecule has 0 saturated heterocycles. The number of rotatable bonds is 3. The SMILES string of the molecule is O=[SH](=O)Cc1ccc(-c2ccc(Br)nc2)cc1. The summed E-state index contributed by atoms with van der Waals surface area (Å²) in [6.07, 6.45) is 1.77. The van der Waals surface area contributed by atoms with E-state index in [1.807, 2.05) is 36.4 Å². The third-order valence-electron chi connectivity index (χ3n) is 2.33. The van der Waals surface area contributed by atoms with E-state index in [0.717, 1.165) is 21.3 Å². The van der Waals surface area contributed by atoms with Gasteiger partial charge in [-0.2, -0.15) is 0 Å². The van der Waals surface area contributed by atoms with Crippen LogP contribution in [0.15, 0.2) is 47.2 Å². The highest BCUT2D eigenvalue weighted by atomic mass is 79.9. The molecule has 2 aromatic rings. The van der Waals surface area contributed by atoms with Crippen LogP contribution in [0, 0.1) is 0 Å². The van der Waals surface area contributed by atoms with Crippen molar-refractivity contribution in [3.8, 4) is 11.1 Å². The van der Waals surface area contributed by atoms with Crippen LogP contribution in [0.2, 0.25) is 0 Å². The minimum Gasteiger partial charge on any atom is -0.249 e. The Morgan fingerprint density at radius 1 is 1.00 bits per heavy atom. The molecule has 17 heavy (non-hydrogen) atoms. The number of halogens is 1. The van der Waals surface area contributed by atoms with Crippen molar-refractivity contribution in [1.82, 2.24) is 4.98 Å². The van der Waals surface area contributed by atoms with Gasteiger partial charge in [0.2, 0.25) is 0 Å². The fourth-order valence-corrected chi connectivity index (χ4v) is 2.24. The van der Waals surface area contributed by atoms with Crippen LogP contribution >= 0.6 is 15.9 Å². The first-order valence-electron chi connectivity index (χ1n) is 4.98. The van der Waals surface area contributed by atoms with Gasteiger partial charge < -0.3 is 0 Å². The molecule has 0 spiro atoms. The van der Waals surface area contributed by atoms with Crippen LogP contribution in [-0.2, 0) is 16.5 Å².